The summed E-state index contributed by atoms with van der Waals surface area (Å²) in [6.07, 6.45) is 6.15. The van der Waals surface area contributed by atoms with Gasteiger partial charge in [0, 0.05) is 33.9 Å². The molecule has 1 saturated carbocycles. The molecule has 5 heteroatoms. The molecular weight excluding hydrogens is 293 g/mol. The Balaban J connectivity index is 1.84. The lowest BCUT2D eigenvalue weighted by Gasteiger charge is -2.30. The monoisotopic (exact) mass is 321 g/mol. The van der Waals surface area contributed by atoms with Crippen LogP contribution in [0.3, 0.4) is 0 Å². The van der Waals surface area contributed by atoms with Crippen LogP contribution in [0.2, 0.25) is 0 Å². The van der Waals surface area contributed by atoms with E-state index in [2.05, 4.69) is 15.6 Å². The first-order valence-corrected chi connectivity index (χ1v) is 8.35. The molecule has 0 spiro atoms. The van der Waals surface area contributed by atoms with Gasteiger partial charge in [0.05, 0.1) is 0 Å². The Morgan fingerprint density at radius 1 is 1.30 bits per heavy atom. The summed E-state index contributed by atoms with van der Waals surface area (Å²) >= 11 is 0. The highest BCUT2D eigenvalue weighted by Gasteiger charge is 2.33. The summed E-state index contributed by atoms with van der Waals surface area (Å²) in [6, 6.07) is 6.62. The van der Waals surface area contributed by atoms with Gasteiger partial charge in [0.1, 0.15) is 5.82 Å². The molecule has 0 amide bonds. The second-order valence-corrected chi connectivity index (χ2v) is 6.36. The van der Waals surface area contributed by atoms with Crippen molar-refractivity contribution in [2.24, 2.45) is 10.4 Å². The van der Waals surface area contributed by atoms with Crippen LogP contribution in [-0.4, -0.2) is 33.3 Å². The fourth-order valence-corrected chi connectivity index (χ4v) is 3.28. The van der Waals surface area contributed by atoms with E-state index in [0.717, 1.165) is 31.1 Å². The summed E-state index contributed by atoms with van der Waals surface area (Å²) in [5.41, 5.74) is 1.22. The Bertz CT molecular complexity index is 513. The first kappa shape index (κ1) is 17.7. The van der Waals surface area contributed by atoms with Crippen molar-refractivity contribution in [3.63, 3.8) is 0 Å². The summed E-state index contributed by atoms with van der Waals surface area (Å²) in [7, 11) is 3.52. The number of hydrogen-bond acceptors (Lipinski definition) is 2. The molecule has 1 aliphatic carbocycles. The quantitative estimate of drug-likeness (QED) is 0.599. The summed E-state index contributed by atoms with van der Waals surface area (Å²) in [4.78, 5) is 4.27. The summed E-state index contributed by atoms with van der Waals surface area (Å²) in [5.74, 6) is 0.551. The molecule has 0 radical (unpaired) electrons. The maximum Gasteiger partial charge on any atom is 0.191 e. The number of halogens is 1. The average molecular weight is 321 g/mol. The standard InChI is InChI=1S/C18H28FN3O/c1-20-17(21-13-15-6-5-7-16(19)12-15)22-14-18(10-11-23-2)8-3-4-9-18/h5-7,12H,3-4,8-11,13-14H2,1-2H3,(H2,20,21,22). The largest absolute Gasteiger partial charge is 0.385 e. The summed E-state index contributed by atoms with van der Waals surface area (Å²) in [5, 5.41) is 6.69. The Morgan fingerprint density at radius 3 is 2.74 bits per heavy atom. The molecule has 0 atom stereocenters. The lowest BCUT2D eigenvalue weighted by atomic mass is 9.83. The third-order valence-corrected chi connectivity index (χ3v) is 4.70. The molecule has 2 rings (SSSR count). The minimum absolute atomic E-state index is 0.211. The van der Waals surface area contributed by atoms with Gasteiger partial charge in [0.25, 0.3) is 0 Å². The molecule has 0 aromatic heterocycles. The van der Waals surface area contributed by atoms with Crippen LogP contribution < -0.4 is 10.6 Å². The van der Waals surface area contributed by atoms with Crippen molar-refractivity contribution in [1.82, 2.24) is 10.6 Å². The number of guanidine groups is 1. The topological polar surface area (TPSA) is 45.7 Å². The number of rotatable bonds is 7. The zero-order chi connectivity index (χ0) is 16.5. The molecule has 0 saturated heterocycles. The minimum atomic E-state index is -0.211. The Kier molecular flexibility index (Phi) is 6.84. The number of methoxy groups -OCH3 is 1. The van der Waals surface area contributed by atoms with Gasteiger partial charge >= 0.3 is 0 Å². The number of hydrogen-bond donors (Lipinski definition) is 2. The van der Waals surface area contributed by atoms with E-state index in [-0.39, 0.29) is 5.82 Å². The van der Waals surface area contributed by atoms with Crippen molar-refractivity contribution < 1.29 is 9.13 Å². The van der Waals surface area contributed by atoms with Crippen LogP contribution in [0.4, 0.5) is 4.39 Å². The SMILES string of the molecule is CN=C(NCc1cccc(F)c1)NCC1(CCOC)CCCC1. The van der Waals surface area contributed by atoms with E-state index in [1.54, 1.807) is 20.2 Å². The number of nitrogens with one attached hydrogen (secondary N) is 2. The first-order chi connectivity index (χ1) is 11.2. The van der Waals surface area contributed by atoms with Crippen molar-refractivity contribution in [3.8, 4) is 0 Å². The molecule has 0 unspecified atom stereocenters. The third kappa shape index (κ3) is 5.50. The highest BCUT2D eigenvalue weighted by molar-refractivity contribution is 5.79. The van der Waals surface area contributed by atoms with E-state index < -0.39 is 0 Å². The van der Waals surface area contributed by atoms with Crippen molar-refractivity contribution in [2.45, 2.75) is 38.6 Å². The van der Waals surface area contributed by atoms with E-state index in [9.17, 15) is 4.39 Å². The molecule has 1 aromatic rings. The van der Waals surface area contributed by atoms with Crippen LogP contribution in [0.15, 0.2) is 29.3 Å². The van der Waals surface area contributed by atoms with Gasteiger partial charge in [0.15, 0.2) is 5.96 Å². The van der Waals surface area contributed by atoms with Gasteiger partial charge < -0.3 is 15.4 Å². The van der Waals surface area contributed by atoms with Crippen LogP contribution in [0.5, 0.6) is 0 Å². The van der Waals surface area contributed by atoms with Crippen LogP contribution in [0.1, 0.15) is 37.7 Å². The molecule has 1 aliphatic rings. The fourth-order valence-electron chi connectivity index (χ4n) is 3.28. The molecule has 0 heterocycles. The van der Waals surface area contributed by atoms with Crippen molar-refractivity contribution >= 4 is 5.96 Å². The van der Waals surface area contributed by atoms with Gasteiger partial charge in [-0.2, -0.15) is 0 Å². The van der Waals surface area contributed by atoms with Gasteiger partial charge in [-0.25, -0.2) is 4.39 Å². The van der Waals surface area contributed by atoms with Gasteiger partial charge in [-0.3, -0.25) is 4.99 Å². The Morgan fingerprint density at radius 2 is 2.09 bits per heavy atom. The molecule has 128 valence electrons. The van der Waals surface area contributed by atoms with E-state index in [1.807, 2.05) is 6.07 Å². The predicted molar refractivity (Wildman–Crippen MR) is 92.0 cm³/mol. The number of ether oxygens (including phenoxy) is 1. The average Bonchev–Trinajstić information content (AvgIpc) is 3.02. The fraction of sp³-hybridized carbons (Fsp3) is 0.611. The predicted octanol–water partition coefficient (Wildman–Crippen LogP) is 3.09. The maximum absolute atomic E-state index is 13.2. The highest BCUT2D eigenvalue weighted by Crippen LogP contribution is 2.40. The van der Waals surface area contributed by atoms with Crippen LogP contribution >= 0.6 is 0 Å². The van der Waals surface area contributed by atoms with Crippen molar-refractivity contribution in [3.05, 3.63) is 35.6 Å². The lowest BCUT2D eigenvalue weighted by molar-refractivity contribution is 0.138. The normalized spacial score (nSPS) is 17.3. The molecule has 23 heavy (non-hydrogen) atoms. The molecule has 2 N–H and O–H groups in total. The summed E-state index contributed by atoms with van der Waals surface area (Å²) < 4.78 is 18.5. The van der Waals surface area contributed by atoms with Crippen LogP contribution in [0.25, 0.3) is 0 Å². The first-order valence-electron chi connectivity index (χ1n) is 8.35. The van der Waals surface area contributed by atoms with E-state index in [4.69, 9.17) is 4.74 Å². The molecular formula is C18H28FN3O. The Hall–Kier alpha value is -1.62. The van der Waals surface area contributed by atoms with Gasteiger partial charge in [-0.15, -0.1) is 0 Å². The summed E-state index contributed by atoms with van der Waals surface area (Å²) in [6.45, 7) is 2.26. The highest BCUT2D eigenvalue weighted by atomic mass is 19.1. The van der Waals surface area contributed by atoms with E-state index in [0.29, 0.717) is 12.0 Å². The zero-order valence-corrected chi connectivity index (χ0v) is 14.2. The number of nitrogens with zero attached hydrogens (tertiary/aromatic N) is 1. The molecule has 0 bridgehead atoms. The Labute approximate surface area is 138 Å². The lowest BCUT2D eigenvalue weighted by Crippen LogP contribution is -2.43. The van der Waals surface area contributed by atoms with Crippen LogP contribution in [0, 0.1) is 11.2 Å². The van der Waals surface area contributed by atoms with Crippen molar-refractivity contribution in [1.29, 1.82) is 0 Å². The third-order valence-electron chi connectivity index (χ3n) is 4.70. The van der Waals surface area contributed by atoms with E-state index >= 15 is 0 Å². The van der Waals surface area contributed by atoms with Crippen LogP contribution in [-0.2, 0) is 11.3 Å². The van der Waals surface area contributed by atoms with Gasteiger partial charge in [0.2, 0.25) is 0 Å². The second-order valence-electron chi connectivity index (χ2n) is 6.36. The molecule has 4 nitrogen and oxygen atoms in total. The number of benzene rings is 1. The number of aliphatic imine (C=N–C) groups is 1. The molecule has 1 fully saturated rings. The van der Waals surface area contributed by atoms with E-state index in [1.165, 1.54) is 37.8 Å². The smallest absolute Gasteiger partial charge is 0.191 e. The zero-order valence-electron chi connectivity index (χ0n) is 14.2. The van der Waals surface area contributed by atoms with Gasteiger partial charge in [-0.05, 0) is 42.4 Å². The maximum atomic E-state index is 13.2. The molecule has 1 aromatic carbocycles. The second kappa shape index (κ2) is 8.87. The minimum Gasteiger partial charge on any atom is -0.385 e. The van der Waals surface area contributed by atoms with Crippen molar-refractivity contribution in [2.75, 3.05) is 27.3 Å². The molecule has 0 aliphatic heterocycles. The van der Waals surface area contributed by atoms with Gasteiger partial charge in [-0.1, -0.05) is 25.0 Å².